The first kappa shape index (κ1) is 19.2. The molecule has 0 saturated carbocycles. The molecule has 0 spiro atoms. The van der Waals surface area contributed by atoms with Gasteiger partial charge in [-0.2, -0.15) is 0 Å². The van der Waals surface area contributed by atoms with Gasteiger partial charge in [0.1, 0.15) is 0 Å². The van der Waals surface area contributed by atoms with E-state index in [1.165, 1.54) is 17.8 Å². The standard InChI is InChI=1S/C19H19BrF2N2OS/c20-14-1-4-16(5-2-14)26-12-19(25)23-10-13-7-8-24(11-13)15-3-6-17(21)18(22)9-15/h1-6,9,13H,7-8,10-12H2,(H,23,25). The second kappa shape index (κ2) is 8.86. The van der Waals surface area contributed by atoms with E-state index in [-0.39, 0.29) is 5.91 Å². The number of thioether (sulfide) groups is 1. The van der Waals surface area contributed by atoms with Crippen LogP contribution in [0.4, 0.5) is 14.5 Å². The fraction of sp³-hybridized carbons (Fsp3) is 0.316. The summed E-state index contributed by atoms with van der Waals surface area (Å²) in [6.45, 7) is 2.10. The first-order valence-corrected chi connectivity index (χ1v) is 10.1. The van der Waals surface area contributed by atoms with Gasteiger partial charge in [0.05, 0.1) is 5.75 Å². The molecule has 1 aliphatic heterocycles. The minimum atomic E-state index is -0.833. The number of nitrogens with zero attached hydrogens (tertiary/aromatic N) is 1. The van der Waals surface area contributed by atoms with Gasteiger partial charge >= 0.3 is 0 Å². The maximum absolute atomic E-state index is 13.4. The molecule has 0 bridgehead atoms. The monoisotopic (exact) mass is 440 g/mol. The number of halogens is 3. The molecule has 1 atom stereocenters. The highest BCUT2D eigenvalue weighted by atomic mass is 79.9. The summed E-state index contributed by atoms with van der Waals surface area (Å²) in [6, 6.07) is 11.8. The van der Waals surface area contributed by atoms with Crippen molar-refractivity contribution in [2.24, 2.45) is 5.92 Å². The van der Waals surface area contributed by atoms with Crippen molar-refractivity contribution in [3.8, 4) is 0 Å². The van der Waals surface area contributed by atoms with Gasteiger partial charge in [0.15, 0.2) is 11.6 Å². The molecular formula is C19H19BrF2N2OS. The molecule has 1 aliphatic rings. The fourth-order valence-electron chi connectivity index (χ4n) is 2.90. The molecule has 1 unspecified atom stereocenters. The van der Waals surface area contributed by atoms with Gasteiger partial charge in [-0.3, -0.25) is 4.79 Å². The van der Waals surface area contributed by atoms with E-state index in [1.807, 2.05) is 29.2 Å². The smallest absolute Gasteiger partial charge is 0.230 e. The highest BCUT2D eigenvalue weighted by Crippen LogP contribution is 2.25. The molecule has 2 aromatic carbocycles. The Morgan fingerprint density at radius 2 is 1.96 bits per heavy atom. The van der Waals surface area contributed by atoms with Crippen LogP contribution in [0, 0.1) is 17.6 Å². The van der Waals surface area contributed by atoms with Gasteiger partial charge in [-0.1, -0.05) is 15.9 Å². The van der Waals surface area contributed by atoms with Crippen LogP contribution in [0.5, 0.6) is 0 Å². The van der Waals surface area contributed by atoms with Gasteiger partial charge in [-0.05, 0) is 48.7 Å². The van der Waals surface area contributed by atoms with Gasteiger partial charge in [-0.25, -0.2) is 8.78 Å². The highest BCUT2D eigenvalue weighted by molar-refractivity contribution is 9.10. The predicted octanol–water partition coefficient (Wildman–Crippen LogP) is 4.46. The molecule has 1 N–H and O–H groups in total. The van der Waals surface area contributed by atoms with Crippen molar-refractivity contribution in [2.75, 3.05) is 30.3 Å². The Labute approximate surface area is 164 Å². The molecule has 1 amide bonds. The average Bonchev–Trinajstić information content (AvgIpc) is 3.11. The minimum absolute atomic E-state index is 0.00388. The van der Waals surface area contributed by atoms with Crippen LogP contribution >= 0.6 is 27.7 Å². The Balaban J connectivity index is 1.41. The highest BCUT2D eigenvalue weighted by Gasteiger charge is 2.23. The lowest BCUT2D eigenvalue weighted by Crippen LogP contribution is -2.32. The summed E-state index contributed by atoms with van der Waals surface area (Å²) in [4.78, 5) is 15.1. The molecule has 3 rings (SSSR count). The van der Waals surface area contributed by atoms with Crippen LogP contribution < -0.4 is 10.2 Å². The third-order valence-electron chi connectivity index (χ3n) is 4.33. The second-order valence-electron chi connectivity index (χ2n) is 6.25. The first-order valence-electron chi connectivity index (χ1n) is 8.36. The number of anilines is 1. The number of carbonyl (C=O) groups excluding carboxylic acids is 1. The van der Waals surface area contributed by atoms with E-state index in [4.69, 9.17) is 0 Å². The molecule has 2 aromatic rings. The lowest BCUT2D eigenvalue weighted by atomic mass is 10.1. The van der Waals surface area contributed by atoms with Crippen molar-refractivity contribution in [3.63, 3.8) is 0 Å². The summed E-state index contributed by atoms with van der Waals surface area (Å²) in [6.07, 6.45) is 0.916. The Hall–Kier alpha value is -1.60. The third-order valence-corrected chi connectivity index (χ3v) is 5.87. The summed E-state index contributed by atoms with van der Waals surface area (Å²) >= 11 is 4.88. The maximum Gasteiger partial charge on any atom is 0.230 e. The number of nitrogens with one attached hydrogen (secondary N) is 1. The molecular weight excluding hydrogens is 422 g/mol. The predicted molar refractivity (Wildman–Crippen MR) is 105 cm³/mol. The van der Waals surface area contributed by atoms with E-state index in [0.29, 0.717) is 23.9 Å². The Morgan fingerprint density at radius 3 is 2.69 bits per heavy atom. The van der Waals surface area contributed by atoms with Crippen molar-refractivity contribution in [3.05, 3.63) is 58.6 Å². The second-order valence-corrected chi connectivity index (χ2v) is 8.21. The van der Waals surface area contributed by atoms with Crippen molar-refractivity contribution in [1.29, 1.82) is 0 Å². The number of carbonyl (C=O) groups is 1. The van der Waals surface area contributed by atoms with Crippen LogP contribution in [-0.2, 0) is 4.79 Å². The quantitative estimate of drug-likeness (QED) is 0.672. The van der Waals surface area contributed by atoms with Crippen molar-refractivity contribution < 1.29 is 13.6 Å². The lowest BCUT2D eigenvalue weighted by molar-refractivity contribution is -0.118. The molecule has 1 fully saturated rings. The third kappa shape index (κ3) is 5.20. The van der Waals surface area contributed by atoms with Gasteiger partial charge < -0.3 is 10.2 Å². The molecule has 0 aliphatic carbocycles. The summed E-state index contributed by atoms with van der Waals surface area (Å²) in [5.74, 6) is -0.973. The average molecular weight is 441 g/mol. The largest absolute Gasteiger partial charge is 0.371 e. The van der Waals surface area contributed by atoms with Crippen molar-refractivity contribution >= 4 is 39.3 Å². The molecule has 0 radical (unpaired) electrons. The van der Waals surface area contributed by atoms with Crippen molar-refractivity contribution in [1.82, 2.24) is 5.32 Å². The number of amides is 1. The van der Waals surface area contributed by atoms with Gasteiger partial charge in [0.25, 0.3) is 0 Å². The topological polar surface area (TPSA) is 32.3 Å². The molecule has 3 nitrogen and oxygen atoms in total. The van der Waals surface area contributed by atoms with Crippen LogP contribution in [0.3, 0.4) is 0 Å². The normalized spacial score (nSPS) is 16.7. The number of benzene rings is 2. The van der Waals surface area contributed by atoms with Crippen LogP contribution in [0.25, 0.3) is 0 Å². The van der Waals surface area contributed by atoms with Gasteiger partial charge in [0.2, 0.25) is 5.91 Å². The Morgan fingerprint density at radius 1 is 1.19 bits per heavy atom. The van der Waals surface area contributed by atoms with Crippen molar-refractivity contribution in [2.45, 2.75) is 11.3 Å². The molecule has 1 heterocycles. The van der Waals surface area contributed by atoms with Crippen LogP contribution in [0.1, 0.15) is 6.42 Å². The summed E-state index contributed by atoms with van der Waals surface area (Å²) in [5.41, 5.74) is 0.684. The van der Waals surface area contributed by atoms with Gasteiger partial charge in [0, 0.05) is 40.8 Å². The summed E-state index contributed by atoms with van der Waals surface area (Å²) in [7, 11) is 0. The lowest BCUT2D eigenvalue weighted by Gasteiger charge is -2.19. The Bertz CT molecular complexity index is 773. The van der Waals surface area contributed by atoms with Gasteiger partial charge in [-0.15, -0.1) is 11.8 Å². The first-order chi connectivity index (χ1) is 12.5. The van der Waals surface area contributed by atoms with E-state index in [0.717, 1.165) is 34.9 Å². The Kier molecular flexibility index (Phi) is 6.53. The summed E-state index contributed by atoms with van der Waals surface area (Å²) in [5, 5.41) is 2.97. The number of hydrogen-bond donors (Lipinski definition) is 1. The van der Waals surface area contributed by atoms with E-state index in [9.17, 15) is 13.6 Å². The zero-order valence-electron chi connectivity index (χ0n) is 14.1. The minimum Gasteiger partial charge on any atom is -0.371 e. The van der Waals surface area contributed by atoms with E-state index >= 15 is 0 Å². The van der Waals surface area contributed by atoms with Crippen LogP contribution in [0.2, 0.25) is 0 Å². The van der Waals surface area contributed by atoms with E-state index in [1.54, 1.807) is 6.07 Å². The molecule has 0 aromatic heterocycles. The summed E-state index contributed by atoms with van der Waals surface area (Å²) < 4.78 is 27.4. The molecule has 138 valence electrons. The fourth-order valence-corrected chi connectivity index (χ4v) is 3.90. The zero-order chi connectivity index (χ0) is 18.5. The SMILES string of the molecule is O=C(CSc1ccc(Br)cc1)NCC1CCN(c2ccc(F)c(F)c2)C1. The maximum atomic E-state index is 13.4. The van der Waals surface area contributed by atoms with E-state index < -0.39 is 11.6 Å². The zero-order valence-corrected chi connectivity index (χ0v) is 16.5. The van der Waals surface area contributed by atoms with Crippen LogP contribution in [0.15, 0.2) is 51.8 Å². The molecule has 1 saturated heterocycles. The molecule has 7 heteroatoms. The molecule has 26 heavy (non-hydrogen) atoms. The number of rotatable bonds is 6. The van der Waals surface area contributed by atoms with E-state index in [2.05, 4.69) is 21.2 Å². The van der Waals surface area contributed by atoms with Crippen LogP contribution in [-0.4, -0.2) is 31.3 Å². The number of hydrogen-bond acceptors (Lipinski definition) is 3.